The van der Waals surface area contributed by atoms with E-state index in [-0.39, 0.29) is 17.7 Å². The van der Waals surface area contributed by atoms with Crippen molar-refractivity contribution in [3.8, 4) is 0 Å². The second-order valence-corrected chi connectivity index (χ2v) is 8.17. The molecule has 1 saturated carbocycles. The number of anilines is 1. The first-order chi connectivity index (χ1) is 12.0. The molecule has 5 nitrogen and oxygen atoms in total. The molecular formula is C18H20Cl2N2O3. The van der Waals surface area contributed by atoms with Crippen LogP contribution in [0.15, 0.2) is 18.2 Å². The van der Waals surface area contributed by atoms with Crippen molar-refractivity contribution in [2.45, 2.75) is 25.3 Å². The minimum absolute atomic E-state index is 0.0249. The van der Waals surface area contributed by atoms with Crippen molar-refractivity contribution in [3.05, 3.63) is 28.2 Å². The quantitative estimate of drug-likeness (QED) is 0.871. The van der Waals surface area contributed by atoms with E-state index in [1.54, 1.807) is 17.0 Å². The Bertz CT molecular complexity index is 720. The number of amides is 1. The predicted octanol–water partition coefficient (Wildman–Crippen LogP) is 3.14. The normalized spacial score (nSPS) is 28.8. The molecule has 4 rings (SSSR count). The van der Waals surface area contributed by atoms with E-state index in [1.165, 1.54) is 0 Å². The van der Waals surface area contributed by atoms with Crippen LogP contribution in [0.5, 0.6) is 0 Å². The van der Waals surface area contributed by atoms with Gasteiger partial charge in [-0.1, -0.05) is 29.6 Å². The van der Waals surface area contributed by atoms with E-state index in [0.717, 1.165) is 24.9 Å². The number of carbonyl (C=O) groups is 2. The van der Waals surface area contributed by atoms with Crippen LogP contribution in [-0.4, -0.2) is 47.6 Å². The molecule has 1 N–H and O–H groups in total. The van der Waals surface area contributed by atoms with Gasteiger partial charge in [0.05, 0.1) is 16.6 Å². The van der Waals surface area contributed by atoms with Crippen molar-refractivity contribution in [1.82, 2.24) is 4.90 Å². The summed E-state index contributed by atoms with van der Waals surface area (Å²) in [7, 11) is 0. The maximum absolute atomic E-state index is 12.9. The first-order valence-electron chi connectivity index (χ1n) is 8.69. The maximum Gasteiger partial charge on any atom is 0.326 e. The van der Waals surface area contributed by atoms with Gasteiger partial charge in [0.25, 0.3) is 0 Å². The zero-order valence-electron chi connectivity index (χ0n) is 13.7. The molecule has 1 aromatic carbocycles. The van der Waals surface area contributed by atoms with E-state index < -0.39 is 12.0 Å². The van der Waals surface area contributed by atoms with Crippen molar-refractivity contribution in [2.75, 3.05) is 24.5 Å². The molecule has 0 radical (unpaired) electrons. The fourth-order valence-corrected chi connectivity index (χ4v) is 5.18. The van der Waals surface area contributed by atoms with Gasteiger partial charge in [0.15, 0.2) is 0 Å². The second kappa shape index (κ2) is 6.36. The zero-order valence-corrected chi connectivity index (χ0v) is 15.2. The molecule has 1 aliphatic carbocycles. The second-order valence-electron chi connectivity index (χ2n) is 7.33. The number of carbonyl (C=O) groups excluding carboxylic acids is 1. The molecule has 3 fully saturated rings. The van der Waals surface area contributed by atoms with Gasteiger partial charge < -0.3 is 14.9 Å². The number of carboxylic acid groups (broad SMARTS) is 1. The Hall–Kier alpha value is -1.46. The highest BCUT2D eigenvalue weighted by Gasteiger charge is 2.51. The monoisotopic (exact) mass is 382 g/mol. The lowest BCUT2D eigenvalue weighted by molar-refractivity contribution is -0.151. The Balaban J connectivity index is 1.44. The summed E-state index contributed by atoms with van der Waals surface area (Å²) in [5.74, 6) is -0.564. The summed E-state index contributed by atoms with van der Waals surface area (Å²) in [6.07, 6.45) is 3.03. The Kier molecular flexibility index (Phi) is 4.32. The van der Waals surface area contributed by atoms with Crippen molar-refractivity contribution < 1.29 is 14.7 Å². The molecule has 134 valence electrons. The van der Waals surface area contributed by atoms with Gasteiger partial charge in [0.1, 0.15) is 6.04 Å². The number of hydrogen-bond acceptors (Lipinski definition) is 3. The zero-order chi connectivity index (χ0) is 17.7. The van der Waals surface area contributed by atoms with Gasteiger partial charge >= 0.3 is 5.97 Å². The van der Waals surface area contributed by atoms with Crippen LogP contribution in [0.1, 0.15) is 19.3 Å². The van der Waals surface area contributed by atoms with E-state index in [2.05, 4.69) is 0 Å². The largest absolute Gasteiger partial charge is 0.480 e. The van der Waals surface area contributed by atoms with Gasteiger partial charge in [0.2, 0.25) is 5.91 Å². The van der Waals surface area contributed by atoms with Crippen molar-refractivity contribution in [1.29, 1.82) is 0 Å². The van der Waals surface area contributed by atoms with Crippen LogP contribution < -0.4 is 4.90 Å². The molecule has 2 saturated heterocycles. The van der Waals surface area contributed by atoms with Gasteiger partial charge in [-0.05, 0) is 42.9 Å². The Labute approximate surface area is 156 Å². The van der Waals surface area contributed by atoms with E-state index in [0.29, 0.717) is 35.6 Å². The SMILES string of the molecule is O=C(O)[C@@H]1C2CCCC2CN1C(=O)C1CN(c2ccc(Cl)cc2Cl)C1. The summed E-state index contributed by atoms with van der Waals surface area (Å²) in [4.78, 5) is 28.3. The minimum atomic E-state index is -0.861. The van der Waals surface area contributed by atoms with Crippen LogP contribution in [0.4, 0.5) is 5.69 Å². The number of aliphatic carboxylic acids is 1. The number of fused-ring (bicyclic) bond motifs is 1. The minimum Gasteiger partial charge on any atom is -0.480 e. The summed E-state index contributed by atoms with van der Waals surface area (Å²) in [5.41, 5.74) is 0.864. The molecule has 2 aliphatic heterocycles. The Morgan fingerprint density at radius 1 is 1.12 bits per heavy atom. The molecule has 3 aliphatic rings. The summed E-state index contributed by atoms with van der Waals surface area (Å²) in [5, 5.41) is 10.8. The fourth-order valence-electron chi connectivity index (χ4n) is 4.65. The van der Waals surface area contributed by atoms with Gasteiger partial charge in [-0.3, -0.25) is 4.79 Å². The fraction of sp³-hybridized carbons (Fsp3) is 0.556. The van der Waals surface area contributed by atoms with Crippen molar-refractivity contribution in [3.63, 3.8) is 0 Å². The number of carboxylic acids is 1. The van der Waals surface area contributed by atoms with E-state index in [4.69, 9.17) is 23.2 Å². The number of benzene rings is 1. The Morgan fingerprint density at radius 2 is 1.88 bits per heavy atom. The van der Waals surface area contributed by atoms with Crippen LogP contribution in [-0.2, 0) is 9.59 Å². The first-order valence-corrected chi connectivity index (χ1v) is 9.44. The van der Waals surface area contributed by atoms with Crippen LogP contribution in [0, 0.1) is 17.8 Å². The molecule has 2 unspecified atom stereocenters. The first kappa shape index (κ1) is 17.0. The molecule has 25 heavy (non-hydrogen) atoms. The van der Waals surface area contributed by atoms with Crippen LogP contribution in [0.25, 0.3) is 0 Å². The molecular weight excluding hydrogens is 363 g/mol. The number of likely N-dealkylation sites (tertiary alicyclic amines) is 1. The highest BCUT2D eigenvalue weighted by Crippen LogP contribution is 2.43. The predicted molar refractivity (Wildman–Crippen MR) is 96.1 cm³/mol. The lowest BCUT2D eigenvalue weighted by Crippen LogP contribution is -2.57. The van der Waals surface area contributed by atoms with E-state index in [1.807, 2.05) is 11.0 Å². The highest BCUT2D eigenvalue weighted by atomic mass is 35.5. The molecule has 7 heteroatoms. The molecule has 0 spiro atoms. The summed E-state index contributed by atoms with van der Waals surface area (Å²) in [6, 6.07) is 4.68. The number of hydrogen-bond donors (Lipinski definition) is 1. The van der Waals surface area contributed by atoms with Crippen LogP contribution in [0.2, 0.25) is 10.0 Å². The van der Waals surface area contributed by atoms with Gasteiger partial charge in [-0.2, -0.15) is 0 Å². The average Bonchev–Trinajstić information content (AvgIpc) is 3.07. The van der Waals surface area contributed by atoms with E-state index in [9.17, 15) is 14.7 Å². The van der Waals surface area contributed by atoms with Crippen molar-refractivity contribution in [2.24, 2.45) is 17.8 Å². The smallest absolute Gasteiger partial charge is 0.326 e. The lowest BCUT2D eigenvalue weighted by Gasteiger charge is -2.42. The molecule has 0 bridgehead atoms. The maximum atomic E-state index is 12.9. The Morgan fingerprint density at radius 3 is 2.56 bits per heavy atom. The van der Waals surface area contributed by atoms with Crippen LogP contribution in [0.3, 0.4) is 0 Å². The van der Waals surface area contributed by atoms with Crippen molar-refractivity contribution >= 4 is 40.8 Å². The summed E-state index contributed by atoms with van der Waals surface area (Å²) < 4.78 is 0. The van der Waals surface area contributed by atoms with Gasteiger partial charge in [0, 0.05) is 24.7 Å². The third-order valence-corrected chi connectivity index (χ3v) is 6.45. The van der Waals surface area contributed by atoms with E-state index >= 15 is 0 Å². The molecule has 1 aromatic rings. The van der Waals surface area contributed by atoms with Gasteiger partial charge in [-0.15, -0.1) is 0 Å². The molecule has 2 heterocycles. The summed E-state index contributed by atoms with van der Waals surface area (Å²) >= 11 is 12.1. The molecule has 1 amide bonds. The topological polar surface area (TPSA) is 60.9 Å². The van der Waals surface area contributed by atoms with Gasteiger partial charge in [-0.25, -0.2) is 4.79 Å². The number of nitrogens with zero attached hydrogens (tertiary/aromatic N) is 2. The molecule has 3 atom stereocenters. The number of halogens is 2. The third kappa shape index (κ3) is 2.87. The average molecular weight is 383 g/mol. The van der Waals surface area contributed by atoms with Crippen LogP contribution >= 0.6 is 23.2 Å². The summed E-state index contributed by atoms with van der Waals surface area (Å²) in [6.45, 7) is 1.73. The third-order valence-electron chi connectivity index (χ3n) is 5.91. The lowest BCUT2D eigenvalue weighted by atomic mass is 9.93. The highest BCUT2D eigenvalue weighted by molar-refractivity contribution is 6.36. The molecule has 0 aromatic heterocycles. The number of rotatable bonds is 3. The standard InChI is InChI=1S/C18H20Cl2N2O3/c19-12-4-5-15(14(20)6-12)21-7-11(8-21)17(23)22-9-10-2-1-3-13(10)16(22)18(24)25/h4-6,10-11,13,16H,1-3,7-9H2,(H,24,25)/t10?,13?,16-/m0/s1.